The first-order valence-electron chi connectivity index (χ1n) is 9.48. The van der Waals surface area contributed by atoms with Crippen molar-refractivity contribution in [2.24, 2.45) is 5.92 Å². The van der Waals surface area contributed by atoms with Gasteiger partial charge in [0.05, 0.1) is 4.88 Å². The molecular formula is C19H31N3O2S. The van der Waals surface area contributed by atoms with Crippen molar-refractivity contribution in [3.05, 3.63) is 22.4 Å². The van der Waals surface area contributed by atoms with Crippen molar-refractivity contribution >= 4 is 23.2 Å². The van der Waals surface area contributed by atoms with Crippen LogP contribution < -0.4 is 5.32 Å². The molecule has 1 aliphatic rings. The van der Waals surface area contributed by atoms with Gasteiger partial charge in [-0.15, -0.1) is 11.3 Å². The molecule has 6 heteroatoms. The van der Waals surface area contributed by atoms with Crippen LogP contribution in [0.3, 0.4) is 0 Å². The number of rotatable bonds is 9. The first-order chi connectivity index (χ1) is 12.2. The summed E-state index contributed by atoms with van der Waals surface area (Å²) in [7, 11) is 0. The predicted octanol–water partition coefficient (Wildman–Crippen LogP) is 2.84. The van der Waals surface area contributed by atoms with Crippen LogP contribution in [0.5, 0.6) is 0 Å². The lowest BCUT2D eigenvalue weighted by molar-refractivity contribution is -0.137. The van der Waals surface area contributed by atoms with Gasteiger partial charge in [-0.3, -0.25) is 14.5 Å². The highest BCUT2D eigenvalue weighted by atomic mass is 32.1. The van der Waals surface area contributed by atoms with Gasteiger partial charge in [0, 0.05) is 45.2 Å². The molecule has 0 radical (unpaired) electrons. The van der Waals surface area contributed by atoms with Gasteiger partial charge in [0.15, 0.2) is 0 Å². The fraction of sp³-hybridized carbons (Fsp3) is 0.684. The van der Waals surface area contributed by atoms with E-state index in [-0.39, 0.29) is 11.8 Å². The maximum atomic E-state index is 12.7. The van der Waals surface area contributed by atoms with Crippen LogP contribution in [0.25, 0.3) is 0 Å². The molecule has 0 spiro atoms. The largest absolute Gasteiger partial charge is 0.350 e. The lowest BCUT2D eigenvalue weighted by atomic mass is 9.96. The summed E-state index contributed by atoms with van der Waals surface area (Å²) in [6.07, 6.45) is 4.14. The van der Waals surface area contributed by atoms with Crippen molar-refractivity contribution in [2.45, 2.75) is 39.5 Å². The van der Waals surface area contributed by atoms with Gasteiger partial charge in [0.1, 0.15) is 0 Å². The highest BCUT2D eigenvalue weighted by Crippen LogP contribution is 2.18. The van der Waals surface area contributed by atoms with E-state index < -0.39 is 0 Å². The summed E-state index contributed by atoms with van der Waals surface area (Å²) in [6.45, 7) is 9.20. The van der Waals surface area contributed by atoms with Gasteiger partial charge >= 0.3 is 0 Å². The van der Waals surface area contributed by atoms with E-state index in [0.29, 0.717) is 12.5 Å². The molecular weight excluding hydrogens is 334 g/mol. The second-order valence-electron chi connectivity index (χ2n) is 6.67. The molecule has 2 amide bonds. The molecule has 1 fully saturated rings. The fourth-order valence-electron chi connectivity index (χ4n) is 3.36. The van der Waals surface area contributed by atoms with Crippen LogP contribution in [0.4, 0.5) is 0 Å². The third-order valence-electron chi connectivity index (χ3n) is 4.77. The van der Waals surface area contributed by atoms with Crippen molar-refractivity contribution in [3.8, 4) is 0 Å². The molecule has 2 rings (SSSR count). The topological polar surface area (TPSA) is 52.7 Å². The van der Waals surface area contributed by atoms with E-state index >= 15 is 0 Å². The van der Waals surface area contributed by atoms with Crippen LogP contribution in [0, 0.1) is 5.92 Å². The van der Waals surface area contributed by atoms with E-state index in [4.69, 9.17) is 0 Å². The van der Waals surface area contributed by atoms with Gasteiger partial charge in [-0.25, -0.2) is 0 Å². The van der Waals surface area contributed by atoms with E-state index in [1.807, 2.05) is 22.4 Å². The van der Waals surface area contributed by atoms with Crippen LogP contribution in [0.1, 0.15) is 49.2 Å². The molecule has 5 nitrogen and oxygen atoms in total. The van der Waals surface area contributed by atoms with Crippen molar-refractivity contribution < 1.29 is 9.59 Å². The minimum atomic E-state index is 0.00536. The maximum Gasteiger partial charge on any atom is 0.261 e. The van der Waals surface area contributed by atoms with E-state index in [1.54, 1.807) is 0 Å². The number of piperazine rings is 1. The summed E-state index contributed by atoms with van der Waals surface area (Å²) >= 11 is 1.46. The first-order valence-corrected chi connectivity index (χ1v) is 10.4. The van der Waals surface area contributed by atoms with E-state index in [2.05, 4.69) is 24.1 Å². The van der Waals surface area contributed by atoms with Gasteiger partial charge in [0.25, 0.3) is 5.91 Å². The second-order valence-corrected chi connectivity index (χ2v) is 7.62. The molecule has 140 valence electrons. The monoisotopic (exact) mass is 365 g/mol. The summed E-state index contributed by atoms with van der Waals surface area (Å²) in [4.78, 5) is 29.7. The Balaban J connectivity index is 1.68. The zero-order chi connectivity index (χ0) is 18.1. The van der Waals surface area contributed by atoms with Gasteiger partial charge in [-0.1, -0.05) is 32.8 Å². The van der Waals surface area contributed by atoms with Crippen LogP contribution in [-0.4, -0.2) is 60.9 Å². The summed E-state index contributed by atoms with van der Waals surface area (Å²) in [5.41, 5.74) is 0. The summed E-state index contributed by atoms with van der Waals surface area (Å²) < 4.78 is 0. The third kappa shape index (κ3) is 6.12. The normalized spacial score (nSPS) is 15.6. The Morgan fingerprint density at radius 1 is 1.16 bits per heavy atom. The Morgan fingerprint density at radius 3 is 2.40 bits per heavy atom. The molecule has 25 heavy (non-hydrogen) atoms. The number of carbonyl (C=O) groups excluding carboxylic acids is 2. The predicted molar refractivity (Wildman–Crippen MR) is 103 cm³/mol. The second kappa shape index (κ2) is 10.6. The van der Waals surface area contributed by atoms with Crippen LogP contribution >= 0.6 is 11.3 Å². The summed E-state index contributed by atoms with van der Waals surface area (Å²) in [6, 6.07) is 3.73. The van der Waals surface area contributed by atoms with Crippen LogP contribution in [0.15, 0.2) is 17.5 Å². The number of carbonyl (C=O) groups is 2. The molecule has 0 unspecified atom stereocenters. The van der Waals surface area contributed by atoms with Crippen molar-refractivity contribution in [1.82, 2.24) is 15.1 Å². The molecule has 1 saturated heterocycles. The zero-order valence-electron chi connectivity index (χ0n) is 15.5. The molecule has 0 bridgehead atoms. The Hall–Kier alpha value is -1.40. The number of amides is 2. The average molecular weight is 366 g/mol. The third-order valence-corrected chi connectivity index (χ3v) is 5.63. The van der Waals surface area contributed by atoms with E-state index in [1.165, 1.54) is 11.3 Å². The Morgan fingerprint density at radius 2 is 1.84 bits per heavy atom. The highest BCUT2D eigenvalue weighted by Gasteiger charge is 2.26. The SMILES string of the molecule is CCCC(CCC)C(=O)N1CCN(CCNC(=O)c2cccs2)CC1. The van der Waals surface area contributed by atoms with Gasteiger partial charge in [-0.05, 0) is 24.3 Å². The number of hydrogen-bond donors (Lipinski definition) is 1. The van der Waals surface area contributed by atoms with Crippen molar-refractivity contribution in [3.63, 3.8) is 0 Å². The lowest BCUT2D eigenvalue weighted by Crippen LogP contribution is -2.51. The van der Waals surface area contributed by atoms with E-state index in [0.717, 1.165) is 63.3 Å². The molecule has 1 aromatic heterocycles. The first kappa shape index (κ1) is 19.9. The van der Waals surface area contributed by atoms with Gasteiger partial charge in [-0.2, -0.15) is 0 Å². The van der Waals surface area contributed by atoms with Crippen LogP contribution in [-0.2, 0) is 4.79 Å². The minimum Gasteiger partial charge on any atom is -0.350 e. The molecule has 1 aromatic rings. The molecule has 0 aromatic carbocycles. The zero-order valence-corrected chi connectivity index (χ0v) is 16.3. The maximum absolute atomic E-state index is 12.7. The van der Waals surface area contributed by atoms with Gasteiger partial charge < -0.3 is 10.2 Å². The molecule has 1 aliphatic heterocycles. The standard InChI is InChI=1S/C19H31N3O2S/c1-3-6-16(7-4-2)19(24)22-13-11-21(12-14-22)10-9-20-18(23)17-8-5-15-25-17/h5,8,15-16H,3-4,6-7,9-14H2,1-2H3,(H,20,23). The lowest BCUT2D eigenvalue weighted by Gasteiger charge is -2.36. The summed E-state index contributed by atoms with van der Waals surface area (Å²) in [5, 5.41) is 4.88. The Kier molecular flexibility index (Phi) is 8.41. The molecule has 1 N–H and O–H groups in total. The number of thiophene rings is 1. The Labute approximate surface area is 155 Å². The molecule has 2 heterocycles. The quantitative estimate of drug-likeness (QED) is 0.732. The fourth-order valence-corrected chi connectivity index (χ4v) is 4.00. The van der Waals surface area contributed by atoms with Gasteiger partial charge in [0.2, 0.25) is 5.91 Å². The molecule has 0 atom stereocenters. The average Bonchev–Trinajstić information content (AvgIpc) is 3.16. The van der Waals surface area contributed by atoms with E-state index in [9.17, 15) is 9.59 Å². The number of nitrogens with zero attached hydrogens (tertiary/aromatic N) is 2. The smallest absolute Gasteiger partial charge is 0.261 e. The Bertz CT molecular complexity index is 519. The minimum absolute atomic E-state index is 0.00536. The van der Waals surface area contributed by atoms with Crippen LogP contribution in [0.2, 0.25) is 0 Å². The van der Waals surface area contributed by atoms with Crippen molar-refractivity contribution in [2.75, 3.05) is 39.3 Å². The van der Waals surface area contributed by atoms with Crippen molar-refractivity contribution in [1.29, 1.82) is 0 Å². The number of nitrogens with one attached hydrogen (secondary N) is 1. The molecule has 0 aliphatic carbocycles. The summed E-state index contributed by atoms with van der Waals surface area (Å²) in [5.74, 6) is 0.548. The number of hydrogen-bond acceptors (Lipinski definition) is 4. The molecule has 0 saturated carbocycles. The highest BCUT2D eigenvalue weighted by molar-refractivity contribution is 7.12.